The Hall–Kier alpha value is -4.41. The van der Waals surface area contributed by atoms with Gasteiger partial charge < -0.3 is 0 Å². The normalized spacial score (nSPS) is 10.2. The van der Waals surface area contributed by atoms with Gasteiger partial charge in [0.2, 0.25) is 11.6 Å². The molecule has 0 aliphatic heterocycles. The van der Waals surface area contributed by atoms with E-state index in [1.165, 1.54) is 35.6 Å². The first kappa shape index (κ1) is 20.8. The number of hydrogen-bond acceptors (Lipinski definition) is 6. The lowest BCUT2D eigenvalue weighted by Gasteiger charge is -2.04. The van der Waals surface area contributed by atoms with Crippen LogP contribution in [-0.2, 0) is 0 Å². The molecule has 0 saturated carbocycles. The molecule has 154 valence electrons. The standard InChI is InChI=1S/C25H15N3O3S/c26-14-16-6-8-17(9-7-16)21-15-32-25(27-21)28-24(31)20-12-10-19(11-13-20)23(30)22(29)18-4-2-1-3-5-18/h1-13,15H,(H,27,28,31). The molecule has 4 aromatic rings. The number of Topliss-reactive ketones (excluding diaryl/α,β-unsaturated/α-hetero) is 2. The Balaban J connectivity index is 1.43. The van der Waals surface area contributed by atoms with E-state index in [4.69, 9.17) is 5.26 Å². The zero-order valence-corrected chi connectivity index (χ0v) is 17.4. The van der Waals surface area contributed by atoms with Crippen LogP contribution in [0.5, 0.6) is 0 Å². The fraction of sp³-hybridized carbons (Fsp3) is 0. The lowest BCUT2D eigenvalue weighted by Crippen LogP contribution is -2.15. The van der Waals surface area contributed by atoms with Crippen LogP contribution >= 0.6 is 11.3 Å². The van der Waals surface area contributed by atoms with Crippen molar-refractivity contribution in [1.82, 2.24) is 4.98 Å². The summed E-state index contributed by atoms with van der Waals surface area (Å²) in [5.74, 6) is -1.60. The number of hydrogen-bond donors (Lipinski definition) is 1. The Bertz CT molecular complexity index is 1340. The molecule has 1 heterocycles. The average Bonchev–Trinajstić information content (AvgIpc) is 3.32. The van der Waals surface area contributed by atoms with Crippen molar-refractivity contribution < 1.29 is 14.4 Å². The molecule has 0 fully saturated rings. The van der Waals surface area contributed by atoms with Crippen LogP contribution in [-0.4, -0.2) is 22.5 Å². The van der Waals surface area contributed by atoms with Crippen LogP contribution in [0.3, 0.4) is 0 Å². The van der Waals surface area contributed by atoms with Gasteiger partial charge in [-0.3, -0.25) is 19.7 Å². The Morgan fingerprint density at radius 2 is 1.38 bits per heavy atom. The minimum atomic E-state index is -0.629. The topological polar surface area (TPSA) is 99.9 Å². The molecule has 32 heavy (non-hydrogen) atoms. The molecule has 7 heteroatoms. The van der Waals surface area contributed by atoms with Crippen LogP contribution in [0.15, 0.2) is 84.2 Å². The summed E-state index contributed by atoms with van der Waals surface area (Å²) >= 11 is 1.28. The number of carbonyl (C=O) groups excluding carboxylic acids is 3. The second kappa shape index (κ2) is 9.16. The highest BCUT2D eigenvalue weighted by molar-refractivity contribution is 7.14. The van der Waals surface area contributed by atoms with Gasteiger partial charge in [0.15, 0.2) is 5.13 Å². The second-order valence-electron chi connectivity index (χ2n) is 6.78. The summed E-state index contributed by atoms with van der Waals surface area (Å²) in [6, 6.07) is 23.3. The maximum atomic E-state index is 12.5. The molecule has 3 aromatic carbocycles. The molecule has 1 aromatic heterocycles. The van der Waals surface area contributed by atoms with Gasteiger partial charge in [-0.1, -0.05) is 54.6 Å². The average molecular weight is 437 g/mol. The Morgan fingerprint density at radius 1 is 0.781 bits per heavy atom. The maximum absolute atomic E-state index is 12.5. The molecule has 0 radical (unpaired) electrons. The fourth-order valence-corrected chi connectivity index (χ4v) is 3.69. The Morgan fingerprint density at radius 3 is 2.00 bits per heavy atom. The highest BCUT2D eigenvalue weighted by Gasteiger charge is 2.18. The van der Waals surface area contributed by atoms with Crippen molar-refractivity contribution in [3.63, 3.8) is 0 Å². The zero-order valence-electron chi connectivity index (χ0n) is 16.6. The largest absolute Gasteiger partial charge is 0.298 e. The smallest absolute Gasteiger partial charge is 0.257 e. The van der Waals surface area contributed by atoms with Crippen LogP contribution in [0, 0.1) is 11.3 Å². The lowest BCUT2D eigenvalue weighted by molar-refractivity contribution is 0.0817. The van der Waals surface area contributed by atoms with Gasteiger partial charge in [0.05, 0.1) is 17.3 Å². The number of benzene rings is 3. The molecule has 1 N–H and O–H groups in total. The highest BCUT2D eigenvalue weighted by atomic mass is 32.1. The summed E-state index contributed by atoms with van der Waals surface area (Å²) in [6.45, 7) is 0. The van der Waals surface area contributed by atoms with Gasteiger partial charge in [0.1, 0.15) is 0 Å². The van der Waals surface area contributed by atoms with Gasteiger partial charge in [0, 0.05) is 27.6 Å². The molecule has 0 bridgehead atoms. The summed E-state index contributed by atoms with van der Waals surface area (Å²) < 4.78 is 0. The number of nitrogens with zero attached hydrogens (tertiary/aromatic N) is 2. The molecule has 0 aliphatic rings. The van der Waals surface area contributed by atoms with Crippen LogP contribution in [0.2, 0.25) is 0 Å². The van der Waals surface area contributed by atoms with Gasteiger partial charge in [-0.25, -0.2) is 4.98 Å². The van der Waals surface area contributed by atoms with Gasteiger partial charge in [-0.05, 0) is 24.3 Å². The SMILES string of the molecule is N#Cc1ccc(-c2csc(NC(=O)c3ccc(C(=O)C(=O)c4ccccc4)cc3)n2)cc1. The third-order valence-corrected chi connectivity index (χ3v) is 5.44. The lowest BCUT2D eigenvalue weighted by atomic mass is 10.0. The van der Waals surface area contributed by atoms with E-state index in [-0.39, 0.29) is 11.5 Å². The van der Waals surface area contributed by atoms with E-state index in [1.54, 1.807) is 54.6 Å². The van der Waals surface area contributed by atoms with Crippen molar-refractivity contribution in [3.8, 4) is 17.3 Å². The van der Waals surface area contributed by atoms with Gasteiger partial charge in [0.25, 0.3) is 5.91 Å². The molecule has 0 unspecified atom stereocenters. The van der Waals surface area contributed by atoms with Gasteiger partial charge in [-0.15, -0.1) is 11.3 Å². The first-order chi connectivity index (χ1) is 15.5. The Labute approximate surface area is 187 Å². The van der Waals surface area contributed by atoms with Crippen molar-refractivity contribution in [2.24, 2.45) is 0 Å². The van der Waals surface area contributed by atoms with Crippen LogP contribution < -0.4 is 5.32 Å². The summed E-state index contributed by atoms with van der Waals surface area (Å²) in [5.41, 5.74) is 2.96. The summed E-state index contributed by atoms with van der Waals surface area (Å²) in [7, 11) is 0. The molecular weight excluding hydrogens is 422 g/mol. The molecule has 0 spiro atoms. The van der Waals surface area contributed by atoms with E-state index >= 15 is 0 Å². The van der Waals surface area contributed by atoms with E-state index in [1.807, 2.05) is 5.38 Å². The zero-order chi connectivity index (χ0) is 22.5. The number of ketones is 2. The van der Waals surface area contributed by atoms with E-state index in [9.17, 15) is 14.4 Å². The number of amides is 1. The monoisotopic (exact) mass is 437 g/mol. The quantitative estimate of drug-likeness (QED) is 0.338. The van der Waals surface area contributed by atoms with E-state index in [2.05, 4.69) is 16.4 Å². The molecule has 6 nitrogen and oxygen atoms in total. The van der Waals surface area contributed by atoms with Crippen molar-refractivity contribution in [3.05, 3.63) is 106 Å². The van der Waals surface area contributed by atoms with Crippen LogP contribution in [0.1, 0.15) is 36.6 Å². The van der Waals surface area contributed by atoms with Crippen molar-refractivity contribution in [2.45, 2.75) is 0 Å². The third kappa shape index (κ3) is 4.51. The number of anilines is 1. The van der Waals surface area contributed by atoms with Crippen molar-refractivity contribution in [2.75, 3.05) is 5.32 Å². The third-order valence-electron chi connectivity index (χ3n) is 4.69. The minimum Gasteiger partial charge on any atom is -0.298 e. The van der Waals surface area contributed by atoms with E-state index in [0.717, 1.165) is 5.56 Å². The maximum Gasteiger partial charge on any atom is 0.257 e. The number of nitrogens with one attached hydrogen (secondary N) is 1. The first-order valence-electron chi connectivity index (χ1n) is 9.57. The number of thiazole rings is 1. The van der Waals surface area contributed by atoms with Crippen LogP contribution in [0.4, 0.5) is 5.13 Å². The van der Waals surface area contributed by atoms with Crippen molar-refractivity contribution in [1.29, 1.82) is 5.26 Å². The number of rotatable bonds is 6. The molecule has 1 amide bonds. The highest BCUT2D eigenvalue weighted by Crippen LogP contribution is 2.25. The molecule has 0 atom stereocenters. The minimum absolute atomic E-state index is 0.216. The number of aromatic nitrogens is 1. The summed E-state index contributed by atoms with van der Waals surface area (Å²) in [5, 5.41) is 13.9. The molecule has 0 aliphatic carbocycles. The molecular formula is C25H15N3O3S. The number of nitriles is 1. The predicted molar refractivity (Wildman–Crippen MR) is 122 cm³/mol. The number of carbonyl (C=O) groups is 3. The second-order valence-corrected chi connectivity index (χ2v) is 7.64. The van der Waals surface area contributed by atoms with E-state index < -0.39 is 11.6 Å². The van der Waals surface area contributed by atoms with E-state index in [0.29, 0.717) is 27.5 Å². The molecule has 0 saturated heterocycles. The first-order valence-corrected chi connectivity index (χ1v) is 10.4. The summed E-state index contributed by atoms with van der Waals surface area (Å²) in [4.78, 5) is 41.7. The van der Waals surface area contributed by atoms with Gasteiger partial charge >= 0.3 is 0 Å². The fourth-order valence-electron chi connectivity index (χ4n) is 2.97. The predicted octanol–water partition coefficient (Wildman–Crippen LogP) is 5.00. The van der Waals surface area contributed by atoms with Crippen LogP contribution in [0.25, 0.3) is 11.3 Å². The van der Waals surface area contributed by atoms with Crippen molar-refractivity contribution >= 4 is 33.9 Å². The Kier molecular flexibility index (Phi) is 5.97. The van der Waals surface area contributed by atoms with Gasteiger partial charge in [-0.2, -0.15) is 5.26 Å². The molecule has 4 rings (SSSR count). The summed E-state index contributed by atoms with van der Waals surface area (Å²) in [6.07, 6.45) is 0.